The summed E-state index contributed by atoms with van der Waals surface area (Å²) in [7, 11) is 3.83. The van der Waals surface area contributed by atoms with Crippen LogP contribution in [0.15, 0.2) is 53.9 Å². The van der Waals surface area contributed by atoms with Crippen LogP contribution in [0.5, 0.6) is 0 Å². The van der Waals surface area contributed by atoms with Gasteiger partial charge in [0.2, 0.25) is 0 Å². The number of carbonyl (C=O) groups excluding carboxylic acids is 1. The van der Waals surface area contributed by atoms with E-state index in [2.05, 4.69) is 10.3 Å². The second-order valence-corrected chi connectivity index (χ2v) is 6.27. The molecule has 0 aliphatic heterocycles. The van der Waals surface area contributed by atoms with Gasteiger partial charge in [-0.3, -0.25) is 10.1 Å². The van der Waals surface area contributed by atoms with Gasteiger partial charge in [0.1, 0.15) is 5.82 Å². The molecule has 0 saturated heterocycles. The van der Waals surface area contributed by atoms with Gasteiger partial charge in [-0.2, -0.15) is 0 Å². The molecule has 4 nitrogen and oxygen atoms in total. The van der Waals surface area contributed by atoms with Gasteiger partial charge in [-0.1, -0.05) is 18.2 Å². The first kappa shape index (κ1) is 16.1. The number of nitrogens with zero attached hydrogens (tertiary/aromatic N) is 2. The molecule has 3 aromatic rings. The number of thiazole rings is 1. The van der Waals surface area contributed by atoms with Gasteiger partial charge in [-0.25, -0.2) is 9.37 Å². The highest BCUT2D eigenvalue weighted by atomic mass is 32.1. The average Bonchev–Trinajstić information content (AvgIpc) is 3.03. The molecule has 0 atom stereocenters. The summed E-state index contributed by atoms with van der Waals surface area (Å²) in [6.45, 7) is 0. The zero-order valence-corrected chi connectivity index (χ0v) is 14.1. The lowest BCUT2D eigenvalue weighted by Crippen LogP contribution is -2.14. The maximum atomic E-state index is 13.8. The fourth-order valence-corrected chi connectivity index (χ4v) is 2.92. The Morgan fingerprint density at radius 2 is 1.96 bits per heavy atom. The number of hydrogen-bond donors (Lipinski definition) is 1. The molecule has 0 aliphatic rings. The predicted octanol–water partition coefficient (Wildman–Crippen LogP) is 4.27. The number of carbonyl (C=O) groups is 1. The molecule has 0 bridgehead atoms. The van der Waals surface area contributed by atoms with E-state index in [4.69, 9.17) is 0 Å². The van der Waals surface area contributed by atoms with Crippen molar-refractivity contribution in [2.45, 2.75) is 0 Å². The van der Waals surface area contributed by atoms with Gasteiger partial charge in [0, 0.05) is 36.3 Å². The van der Waals surface area contributed by atoms with Crippen molar-refractivity contribution in [3.8, 4) is 11.3 Å². The molecule has 0 fully saturated rings. The minimum Gasteiger partial charge on any atom is -0.378 e. The maximum Gasteiger partial charge on any atom is 0.257 e. The van der Waals surface area contributed by atoms with E-state index in [1.807, 2.05) is 31.1 Å². The van der Waals surface area contributed by atoms with E-state index in [0.29, 0.717) is 22.0 Å². The van der Waals surface area contributed by atoms with Crippen molar-refractivity contribution in [2.75, 3.05) is 24.3 Å². The van der Waals surface area contributed by atoms with Crippen LogP contribution in [0.3, 0.4) is 0 Å². The normalized spacial score (nSPS) is 10.5. The number of hydrogen-bond acceptors (Lipinski definition) is 4. The Morgan fingerprint density at radius 1 is 1.17 bits per heavy atom. The summed E-state index contributed by atoms with van der Waals surface area (Å²) in [5.41, 5.74) is 2.41. The molecule has 1 amide bonds. The molecule has 6 heteroatoms. The van der Waals surface area contributed by atoms with Gasteiger partial charge in [0.25, 0.3) is 5.91 Å². The standard InChI is InChI=1S/C18H16FN3OS/c1-22(2)13-7-5-6-12(10-13)17(23)21-18-20-16(11-24-18)14-8-3-4-9-15(14)19/h3-11H,1-2H3,(H,20,21,23). The van der Waals surface area contributed by atoms with Crippen molar-refractivity contribution in [2.24, 2.45) is 0 Å². The molecule has 1 aromatic heterocycles. The lowest BCUT2D eigenvalue weighted by Gasteiger charge is -2.13. The van der Waals surface area contributed by atoms with Gasteiger partial charge in [-0.05, 0) is 30.3 Å². The minimum absolute atomic E-state index is 0.242. The van der Waals surface area contributed by atoms with Gasteiger partial charge >= 0.3 is 0 Å². The van der Waals surface area contributed by atoms with E-state index in [0.717, 1.165) is 5.69 Å². The Balaban J connectivity index is 1.79. The van der Waals surface area contributed by atoms with E-state index < -0.39 is 0 Å². The van der Waals surface area contributed by atoms with Crippen LogP contribution in [0.1, 0.15) is 10.4 Å². The number of halogens is 1. The molecule has 122 valence electrons. The van der Waals surface area contributed by atoms with Crippen molar-refractivity contribution in [1.82, 2.24) is 4.98 Å². The van der Waals surface area contributed by atoms with Crippen LogP contribution in [0.4, 0.5) is 15.2 Å². The highest BCUT2D eigenvalue weighted by molar-refractivity contribution is 7.14. The van der Waals surface area contributed by atoms with Crippen LogP contribution in [0.25, 0.3) is 11.3 Å². The van der Waals surface area contributed by atoms with Gasteiger partial charge < -0.3 is 4.90 Å². The summed E-state index contributed by atoms with van der Waals surface area (Å²) in [6, 6.07) is 13.7. The van der Waals surface area contributed by atoms with Crippen molar-refractivity contribution in [1.29, 1.82) is 0 Å². The SMILES string of the molecule is CN(C)c1cccc(C(=O)Nc2nc(-c3ccccc3F)cs2)c1. The largest absolute Gasteiger partial charge is 0.378 e. The molecule has 2 aromatic carbocycles. The topological polar surface area (TPSA) is 45.2 Å². The summed E-state index contributed by atoms with van der Waals surface area (Å²) < 4.78 is 13.8. The van der Waals surface area contributed by atoms with Gasteiger partial charge in [0.15, 0.2) is 5.13 Å². The van der Waals surface area contributed by atoms with Crippen LogP contribution in [-0.2, 0) is 0 Å². The van der Waals surface area contributed by atoms with Crippen molar-refractivity contribution >= 4 is 28.1 Å². The quantitative estimate of drug-likeness (QED) is 0.771. The number of benzene rings is 2. The number of amides is 1. The Labute approximate surface area is 143 Å². The zero-order chi connectivity index (χ0) is 17.1. The van der Waals surface area contributed by atoms with Gasteiger partial charge in [0.05, 0.1) is 5.69 Å². The van der Waals surface area contributed by atoms with E-state index >= 15 is 0 Å². The highest BCUT2D eigenvalue weighted by Crippen LogP contribution is 2.27. The molecule has 0 spiro atoms. The second-order valence-electron chi connectivity index (χ2n) is 5.42. The van der Waals surface area contributed by atoms with Crippen LogP contribution >= 0.6 is 11.3 Å². The van der Waals surface area contributed by atoms with E-state index in [9.17, 15) is 9.18 Å². The molecule has 1 N–H and O–H groups in total. The smallest absolute Gasteiger partial charge is 0.257 e. The second kappa shape index (κ2) is 6.80. The predicted molar refractivity (Wildman–Crippen MR) is 96.2 cm³/mol. The van der Waals surface area contributed by atoms with E-state index in [-0.39, 0.29) is 11.7 Å². The molecule has 1 heterocycles. The minimum atomic E-state index is -0.334. The zero-order valence-electron chi connectivity index (χ0n) is 13.3. The van der Waals surface area contributed by atoms with Crippen molar-refractivity contribution in [3.63, 3.8) is 0 Å². The highest BCUT2D eigenvalue weighted by Gasteiger charge is 2.12. The molecule has 24 heavy (non-hydrogen) atoms. The average molecular weight is 341 g/mol. The molecule has 0 aliphatic carbocycles. The Bertz CT molecular complexity index is 876. The fourth-order valence-electron chi connectivity index (χ4n) is 2.22. The monoisotopic (exact) mass is 341 g/mol. The first-order chi connectivity index (χ1) is 11.5. The summed E-state index contributed by atoms with van der Waals surface area (Å²) in [5.74, 6) is -0.576. The van der Waals surface area contributed by atoms with E-state index in [1.54, 1.807) is 35.7 Å². The van der Waals surface area contributed by atoms with Gasteiger partial charge in [-0.15, -0.1) is 11.3 Å². The number of aromatic nitrogens is 1. The first-order valence-electron chi connectivity index (χ1n) is 7.34. The molecule has 0 radical (unpaired) electrons. The molecular weight excluding hydrogens is 325 g/mol. The third kappa shape index (κ3) is 3.44. The lowest BCUT2D eigenvalue weighted by atomic mass is 10.1. The first-order valence-corrected chi connectivity index (χ1v) is 8.22. The van der Waals surface area contributed by atoms with Crippen molar-refractivity contribution < 1.29 is 9.18 Å². The third-order valence-corrected chi connectivity index (χ3v) is 4.26. The maximum absolute atomic E-state index is 13.8. The Morgan fingerprint density at radius 3 is 2.71 bits per heavy atom. The summed E-state index contributed by atoms with van der Waals surface area (Å²) in [4.78, 5) is 18.6. The Kier molecular flexibility index (Phi) is 4.57. The molecular formula is C18H16FN3OS. The van der Waals surface area contributed by atoms with Crippen LogP contribution in [0.2, 0.25) is 0 Å². The summed E-state index contributed by atoms with van der Waals surface area (Å²) in [6.07, 6.45) is 0. The van der Waals surface area contributed by atoms with Crippen molar-refractivity contribution in [3.05, 3.63) is 65.3 Å². The Hall–Kier alpha value is -2.73. The van der Waals surface area contributed by atoms with E-state index in [1.165, 1.54) is 17.4 Å². The molecule has 3 rings (SSSR count). The molecule has 0 saturated carbocycles. The third-order valence-electron chi connectivity index (χ3n) is 3.50. The lowest BCUT2D eigenvalue weighted by molar-refractivity contribution is 0.102. The summed E-state index contributed by atoms with van der Waals surface area (Å²) in [5, 5.41) is 4.93. The number of rotatable bonds is 4. The summed E-state index contributed by atoms with van der Waals surface area (Å²) >= 11 is 1.27. The van der Waals surface area contributed by atoms with Crippen LogP contribution in [-0.4, -0.2) is 25.0 Å². The van der Waals surface area contributed by atoms with Crippen LogP contribution < -0.4 is 10.2 Å². The molecule has 0 unspecified atom stereocenters. The number of anilines is 2. The number of nitrogens with one attached hydrogen (secondary N) is 1. The van der Waals surface area contributed by atoms with Crippen LogP contribution in [0, 0.1) is 5.82 Å². The fraction of sp³-hybridized carbons (Fsp3) is 0.111.